The number of hydrogen-bond donors (Lipinski definition) is 0. The number of alkyl halides is 1. The Balaban J connectivity index is 2.36. The molecule has 0 saturated heterocycles. The van der Waals surface area contributed by atoms with Gasteiger partial charge in [-0.3, -0.25) is 0 Å². The summed E-state index contributed by atoms with van der Waals surface area (Å²) in [6.07, 6.45) is 3.87. The largest absolute Gasteiger partial charge is 0.243 e. The predicted molar refractivity (Wildman–Crippen MR) is 82.6 cm³/mol. The molecule has 0 aliphatic heterocycles. The molecule has 0 unspecified atom stereocenters. The van der Waals surface area contributed by atoms with Gasteiger partial charge in [-0.25, -0.2) is 8.42 Å². The van der Waals surface area contributed by atoms with E-state index in [-0.39, 0.29) is 6.04 Å². The monoisotopic (exact) mass is 315 g/mol. The van der Waals surface area contributed by atoms with Crippen LogP contribution in [0, 0.1) is 6.92 Å². The lowest BCUT2D eigenvalue weighted by molar-refractivity contribution is 0.395. The van der Waals surface area contributed by atoms with Gasteiger partial charge in [-0.2, -0.15) is 4.31 Å². The second-order valence-corrected chi connectivity index (χ2v) is 7.56. The number of unbranched alkanes of at least 4 members (excludes halogenated alkanes) is 1. The van der Waals surface area contributed by atoms with E-state index in [9.17, 15) is 8.42 Å². The molecular formula is C15H22ClNO2S. The van der Waals surface area contributed by atoms with Crippen LogP contribution < -0.4 is 0 Å². The molecule has 1 aliphatic carbocycles. The van der Waals surface area contributed by atoms with Crippen molar-refractivity contribution in [3.63, 3.8) is 0 Å². The molecule has 3 nitrogen and oxygen atoms in total. The lowest BCUT2D eigenvalue weighted by Crippen LogP contribution is -2.34. The van der Waals surface area contributed by atoms with E-state index < -0.39 is 10.0 Å². The third kappa shape index (κ3) is 3.35. The summed E-state index contributed by atoms with van der Waals surface area (Å²) in [6.45, 7) is 4.54. The van der Waals surface area contributed by atoms with Gasteiger partial charge in [0.2, 0.25) is 10.0 Å². The van der Waals surface area contributed by atoms with E-state index in [4.69, 9.17) is 11.6 Å². The topological polar surface area (TPSA) is 37.4 Å². The maximum Gasteiger partial charge on any atom is 0.243 e. The first-order valence-electron chi connectivity index (χ1n) is 7.18. The van der Waals surface area contributed by atoms with Gasteiger partial charge < -0.3 is 0 Å². The molecule has 5 heteroatoms. The summed E-state index contributed by atoms with van der Waals surface area (Å²) < 4.78 is 27.5. The molecule has 1 fully saturated rings. The lowest BCUT2D eigenvalue weighted by atomic mass is 10.2. The number of sulfonamides is 1. The van der Waals surface area contributed by atoms with Crippen LogP contribution in [0.15, 0.2) is 23.1 Å². The third-order valence-electron chi connectivity index (χ3n) is 3.68. The van der Waals surface area contributed by atoms with E-state index in [2.05, 4.69) is 6.92 Å². The fourth-order valence-electron chi connectivity index (χ4n) is 2.31. The smallest absolute Gasteiger partial charge is 0.207 e. The van der Waals surface area contributed by atoms with Gasteiger partial charge in [0.15, 0.2) is 0 Å². The lowest BCUT2D eigenvalue weighted by Gasteiger charge is -2.23. The molecule has 0 bridgehead atoms. The van der Waals surface area contributed by atoms with E-state index in [1.54, 1.807) is 10.4 Å². The normalized spacial score (nSPS) is 15.8. The van der Waals surface area contributed by atoms with Crippen LogP contribution in [0.5, 0.6) is 0 Å². The Morgan fingerprint density at radius 1 is 1.35 bits per heavy atom. The van der Waals surface area contributed by atoms with Gasteiger partial charge in [0.05, 0.1) is 4.90 Å². The Kier molecular flexibility index (Phi) is 5.10. The summed E-state index contributed by atoms with van der Waals surface area (Å²) in [5.41, 5.74) is 1.64. The summed E-state index contributed by atoms with van der Waals surface area (Å²) in [5.74, 6) is 0.335. The number of aryl methyl sites for hydroxylation is 1. The highest BCUT2D eigenvalue weighted by Crippen LogP contribution is 2.33. The van der Waals surface area contributed by atoms with Crippen molar-refractivity contribution in [2.24, 2.45) is 0 Å². The Morgan fingerprint density at radius 2 is 2.05 bits per heavy atom. The molecule has 2 rings (SSSR count). The van der Waals surface area contributed by atoms with Gasteiger partial charge in [-0.1, -0.05) is 25.5 Å². The number of rotatable bonds is 7. The van der Waals surface area contributed by atoms with Crippen LogP contribution in [-0.2, 0) is 15.9 Å². The van der Waals surface area contributed by atoms with Crippen LogP contribution in [0.1, 0.15) is 43.7 Å². The minimum atomic E-state index is -3.40. The quantitative estimate of drug-likeness (QED) is 0.720. The summed E-state index contributed by atoms with van der Waals surface area (Å²) in [6, 6.07) is 5.65. The van der Waals surface area contributed by atoms with Crippen molar-refractivity contribution in [3.05, 3.63) is 29.3 Å². The molecule has 1 saturated carbocycles. The Bertz CT molecular complexity index is 567. The van der Waals surface area contributed by atoms with Crippen molar-refractivity contribution in [1.82, 2.24) is 4.31 Å². The Labute approximate surface area is 127 Å². The highest BCUT2D eigenvalue weighted by molar-refractivity contribution is 7.89. The van der Waals surface area contributed by atoms with E-state index in [1.165, 1.54) is 0 Å². The zero-order chi connectivity index (χ0) is 14.8. The first-order valence-corrected chi connectivity index (χ1v) is 9.15. The Morgan fingerprint density at radius 3 is 2.60 bits per heavy atom. The van der Waals surface area contributed by atoms with Crippen LogP contribution in [0.2, 0.25) is 0 Å². The van der Waals surface area contributed by atoms with Crippen LogP contribution >= 0.6 is 11.6 Å². The average molecular weight is 316 g/mol. The van der Waals surface area contributed by atoms with Crippen LogP contribution in [0.4, 0.5) is 0 Å². The van der Waals surface area contributed by atoms with Crippen LogP contribution in [-0.4, -0.2) is 25.3 Å². The zero-order valence-electron chi connectivity index (χ0n) is 12.1. The zero-order valence-corrected chi connectivity index (χ0v) is 13.7. The fourth-order valence-corrected chi connectivity index (χ4v) is 4.47. The molecule has 112 valence electrons. The van der Waals surface area contributed by atoms with Gasteiger partial charge >= 0.3 is 0 Å². The van der Waals surface area contributed by atoms with Crippen molar-refractivity contribution in [2.45, 2.75) is 56.3 Å². The maximum atomic E-state index is 12.9. The minimum absolute atomic E-state index is 0.200. The fraction of sp³-hybridized carbons (Fsp3) is 0.600. The number of halogens is 1. The van der Waals surface area contributed by atoms with E-state index in [0.717, 1.165) is 36.8 Å². The number of benzene rings is 1. The summed E-state index contributed by atoms with van der Waals surface area (Å²) in [5, 5.41) is 0. The molecular weight excluding hydrogens is 294 g/mol. The molecule has 0 spiro atoms. The Hall–Kier alpha value is -0.580. The van der Waals surface area contributed by atoms with E-state index >= 15 is 0 Å². The highest BCUT2D eigenvalue weighted by atomic mass is 35.5. The van der Waals surface area contributed by atoms with Gasteiger partial charge in [0.25, 0.3) is 0 Å². The van der Waals surface area contributed by atoms with Crippen molar-refractivity contribution in [3.8, 4) is 0 Å². The van der Waals surface area contributed by atoms with Crippen LogP contribution in [0.25, 0.3) is 0 Å². The molecule has 0 amide bonds. The number of hydrogen-bond acceptors (Lipinski definition) is 2. The third-order valence-corrected chi connectivity index (χ3v) is 6.08. The van der Waals surface area contributed by atoms with Gasteiger partial charge in [-0.05, 0) is 43.4 Å². The summed E-state index contributed by atoms with van der Waals surface area (Å²) >= 11 is 5.83. The van der Waals surface area contributed by atoms with Gasteiger partial charge in [0, 0.05) is 18.5 Å². The van der Waals surface area contributed by atoms with Crippen molar-refractivity contribution in [1.29, 1.82) is 0 Å². The second-order valence-electron chi connectivity index (χ2n) is 5.43. The van der Waals surface area contributed by atoms with Gasteiger partial charge in [0.1, 0.15) is 0 Å². The van der Waals surface area contributed by atoms with E-state index in [1.807, 2.05) is 19.1 Å². The maximum absolute atomic E-state index is 12.9. The molecule has 20 heavy (non-hydrogen) atoms. The number of nitrogens with zero attached hydrogens (tertiary/aromatic N) is 1. The standard InChI is InChI=1S/C15H22ClNO2S/c1-3-4-9-17(14-7-8-14)20(18,19)15-10-13(11-16)6-5-12(15)2/h5-6,10,14H,3-4,7-9,11H2,1-2H3. The molecule has 1 aromatic rings. The van der Waals surface area contributed by atoms with Crippen LogP contribution in [0.3, 0.4) is 0 Å². The summed E-state index contributed by atoms with van der Waals surface area (Å²) in [7, 11) is -3.40. The molecule has 0 heterocycles. The van der Waals surface area contributed by atoms with E-state index in [0.29, 0.717) is 17.3 Å². The average Bonchev–Trinajstić information content (AvgIpc) is 3.24. The predicted octanol–water partition coefficient (Wildman–Crippen LogP) is 3.69. The summed E-state index contributed by atoms with van der Waals surface area (Å²) in [4.78, 5) is 0.415. The van der Waals surface area contributed by atoms with Crippen molar-refractivity contribution < 1.29 is 8.42 Å². The molecule has 0 radical (unpaired) electrons. The SMILES string of the molecule is CCCCN(C1CC1)S(=O)(=O)c1cc(CCl)ccc1C. The first-order chi connectivity index (χ1) is 9.50. The van der Waals surface area contributed by atoms with Crippen molar-refractivity contribution >= 4 is 21.6 Å². The molecule has 0 aromatic heterocycles. The molecule has 1 aromatic carbocycles. The molecule has 0 N–H and O–H groups in total. The molecule has 0 atom stereocenters. The van der Waals surface area contributed by atoms with Gasteiger partial charge in [-0.15, -0.1) is 11.6 Å². The van der Waals surface area contributed by atoms with Crippen molar-refractivity contribution in [2.75, 3.05) is 6.54 Å². The minimum Gasteiger partial charge on any atom is -0.207 e. The highest BCUT2D eigenvalue weighted by Gasteiger charge is 2.38. The second kappa shape index (κ2) is 6.46. The first kappa shape index (κ1) is 15.8. The molecule has 1 aliphatic rings.